The zero-order chi connectivity index (χ0) is 13.1. The number of nitrogens with zero attached hydrogens (tertiary/aromatic N) is 1. The van der Waals surface area contributed by atoms with Crippen LogP contribution in [0, 0.1) is 0 Å². The maximum atomic E-state index is 11.5. The van der Waals surface area contributed by atoms with Crippen molar-refractivity contribution in [2.24, 2.45) is 0 Å². The Morgan fingerprint density at radius 2 is 2.11 bits per heavy atom. The van der Waals surface area contributed by atoms with Crippen LogP contribution in [0.25, 0.3) is 0 Å². The summed E-state index contributed by atoms with van der Waals surface area (Å²) in [5, 5.41) is 13.2. The Bertz CT molecular complexity index is 450. The van der Waals surface area contributed by atoms with Crippen LogP contribution in [0.2, 0.25) is 5.02 Å². The predicted octanol–water partition coefficient (Wildman–Crippen LogP) is 2.13. The normalized spacial score (nSPS) is 18.6. The molecule has 0 amide bonds. The molecule has 0 bridgehead atoms. The molecule has 1 heterocycles. The molecule has 4 nitrogen and oxygen atoms in total. The van der Waals surface area contributed by atoms with Crippen molar-refractivity contribution >= 4 is 33.5 Å². The number of rotatable bonds is 3. The zero-order valence-corrected chi connectivity index (χ0v) is 12.0. The number of carbonyl (C=O) groups is 1. The molecule has 0 spiro atoms. The van der Waals surface area contributed by atoms with Gasteiger partial charge >= 0.3 is 5.97 Å². The summed E-state index contributed by atoms with van der Waals surface area (Å²) in [6, 6.07) is 4.63. The standard InChI is InChI=1S/C12H14BrClN2O2/c13-8-1-2-10(14)9(7-8)11(12(17)18)16-5-3-15-4-6-16/h1-2,7,11,15H,3-6H2,(H,17,18). The highest BCUT2D eigenvalue weighted by atomic mass is 79.9. The van der Waals surface area contributed by atoms with Crippen molar-refractivity contribution in [3.05, 3.63) is 33.3 Å². The highest BCUT2D eigenvalue weighted by Gasteiger charge is 2.30. The van der Waals surface area contributed by atoms with Crippen molar-refractivity contribution in [2.75, 3.05) is 26.2 Å². The lowest BCUT2D eigenvalue weighted by Crippen LogP contribution is -2.47. The lowest BCUT2D eigenvalue weighted by molar-refractivity contribution is -0.143. The van der Waals surface area contributed by atoms with E-state index in [2.05, 4.69) is 21.2 Å². The van der Waals surface area contributed by atoms with Gasteiger partial charge in [0.2, 0.25) is 0 Å². The first-order valence-corrected chi connectivity index (χ1v) is 6.89. The third-order valence-corrected chi connectivity index (χ3v) is 3.84. The van der Waals surface area contributed by atoms with E-state index in [1.165, 1.54) is 0 Å². The van der Waals surface area contributed by atoms with E-state index in [9.17, 15) is 9.90 Å². The summed E-state index contributed by atoms with van der Waals surface area (Å²) in [6.07, 6.45) is 0. The molecule has 2 rings (SSSR count). The Hall–Kier alpha value is -0.620. The van der Waals surface area contributed by atoms with E-state index < -0.39 is 12.0 Å². The number of carboxylic acids is 1. The molecule has 1 unspecified atom stereocenters. The molecule has 0 radical (unpaired) electrons. The number of nitrogens with one attached hydrogen (secondary N) is 1. The SMILES string of the molecule is O=C(O)C(c1cc(Br)ccc1Cl)N1CCNCC1. The van der Waals surface area contributed by atoms with Crippen molar-refractivity contribution in [3.8, 4) is 0 Å². The van der Waals surface area contributed by atoms with Crippen LogP contribution in [0.5, 0.6) is 0 Å². The Kier molecular flexibility index (Phi) is 4.61. The fourth-order valence-corrected chi connectivity index (χ4v) is 2.75. The molecule has 1 aromatic rings. The monoisotopic (exact) mass is 332 g/mol. The Balaban J connectivity index is 2.34. The van der Waals surface area contributed by atoms with Gasteiger partial charge in [-0.1, -0.05) is 27.5 Å². The second-order valence-electron chi connectivity index (χ2n) is 4.19. The van der Waals surface area contributed by atoms with Crippen molar-refractivity contribution in [2.45, 2.75) is 6.04 Å². The van der Waals surface area contributed by atoms with Crippen molar-refractivity contribution < 1.29 is 9.90 Å². The van der Waals surface area contributed by atoms with E-state index in [1.807, 2.05) is 11.0 Å². The molecule has 1 aliphatic rings. The third-order valence-electron chi connectivity index (χ3n) is 3.00. The molecule has 2 N–H and O–H groups in total. The lowest BCUT2D eigenvalue weighted by Gasteiger charge is -2.33. The summed E-state index contributed by atoms with van der Waals surface area (Å²) in [6.45, 7) is 3.02. The van der Waals surface area contributed by atoms with Crippen LogP contribution >= 0.6 is 27.5 Å². The van der Waals surface area contributed by atoms with Crippen LogP contribution < -0.4 is 5.32 Å². The molecule has 1 aliphatic heterocycles. The first-order chi connectivity index (χ1) is 8.59. The first kappa shape index (κ1) is 13.8. The highest BCUT2D eigenvalue weighted by Crippen LogP contribution is 2.30. The lowest BCUT2D eigenvalue weighted by atomic mass is 10.0. The molecule has 1 saturated heterocycles. The molecule has 0 saturated carbocycles. The maximum Gasteiger partial charge on any atom is 0.325 e. The summed E-state index contributed by atoms with van der Waals surface area (Å²) in [5.74, 6) is -0.864. The van der Waals surface area contributed by atoms with Gasteiger partial charge in [0.25, 0.3) is 0 Å². The number of halogens is 2. The van der Waals surface area contributed by atoms with Crippen molar-refractivity contribution in [3.63, 3.8) is 0 Å². The molecule has 6 heteroatoms. The molecule has 18 heavy (non-hydrogen) atoms. The van der Waals surface area contributed by atoms with Crippen LogP contribution in [-0.4, -0.2) is 42.2 Å². The number of piperazine rings is 1. The molecular formula is C12H14BrClN2O2. The maximum absolute atomic E-state index is 11.5. The molecule has 1 aromatic carbocycles. The van der Waals surface area contributed by atoms with Gasteiger partial charge in [0.1, 0.15) is 6.04 Å². The van der Waals surface area contributed by atoms with Crippen LogP contribution in [0.4, 0.5) is 0 Å². The minimum Gasteiger partial charge on any atom is -0.480 e. The highest BCUT2D eigenvalue weighted by molar-refractivity contribution is 9.10. The Morgan fingerprint density at radius 3 is 2.72 bits per heavy atom. The number of hydrogen-bond donors (Lipinski definition) is 2. The summed E-state index contributed by atoms with van der Waals surface area (Å²) in [4.78, 5) is 13.5. The van der Waals surface area contributed by atoms with Crippen LogP contribution in [0.1, 0.15) is 11.6 Å². The Morgan fingerprint density at radius 1 is 1.44 bits per heavy atom. The average Bonchev–Trinajstić information content (AvgIpc) is 2.35. The second-order valence-corrected chi connectivity index (χ2v) is 5.52. The van der Waals surface area contributed by atoms with Gasteiger partial charge in [-0.2, -0.15) is 0 Å². The van der Waals surface area contributed by atoms with Gasteiger partial charge in [-0.05, 0) is 18.2 Å². The summed E-state index contributed by atoms with van der Waals surface area (Å²) in [5.41, 5.74) is 0.639. The molecule has 0 aliphatic carbocycles. The van der Waals surface area contributed by atoms with Crippen LogP contribution in [0.15, 0.2) is 22.7 Å². The smallest absolute Gasteiger partial charge is 0.325 e. The van der Waals surface area contributed by atoms with E-state index in [1.54, 1.807) is 12.1 Å². The average molecular weight is 334 g/mol. The zero-order valence-electron chi connectivity index (χ0n) is 9.70. The van der Waals surface area contributed by atoms with Crippen molar-refractivity contribution in [1.29, 1.82) is 0 Å². The van der Waals surface area contributed by atoms with E-state index in [0.717, 1.165) is 17.6 Å². The van der Waals surface area contributed by atoms with E-state index in [-0.39, 0.29) is 0 Å². The van der Waals surface area contributed by atoms with Gasteiger partial charge in [-0.25, -0.2) is 0 Å². The summed E-state index contributed by atoms with van der Waals surface area (Å²) >= 11 is 9.48. The summed E-state index contributed by atoms with van der Waals surface area (Å²) < 4.78 is 0.836. The fraction of sp³-hybridized carbons (Fsp3) is 0.417. The minimum absolute atomic E-state index is 0.490. The van der Waals surface area contributed by atoms with E-state index in [4.69, 9.17) is 11.6 Å². The number of carboxylic acid groups (broad SMARTS) is 1. The quantitative estimate of drug-likeness (QED) is 0.890. The minimum atomic E-state index is -0.864. The topological polar surface area (TPSA) is 52.6 Å². The molecule has 98 valence electrons. The number of hydrogen-bond acceptors (Lipinski definition) is 3. The fourth-order valence-electron chi connectivity index (χ4n) is 2.15. The van der Waals surface area contributed by atoms with Gasteiger partial charge in [0.05, 0.1) is 0 Å². The molecule has 0 aromatic heterocycles. The number of aliphatic carboxylic acids is 1. The molecule has 1 fully saturated rings. The van der Waals surface area contributed by atoms with Crippen LogP contribution in [-0.2, 0) is 4.79 Å². The summed E-state index contributed by atoms with van der Waals surface area (Å²) in [7, 11) is 0. The van der Waals surface area contributed by atoms with E-state index >= 15 is 0 Å². The van der Waals surface area contributed by atoms with Gasteiger partial charge in [0, 0.05) is 41.2 Å². The molecule has 1 atom stereocenters. The Labute approximate surface area is 119 Å². The number of benzene rings is 1. The first-order valence-electron chi connectivity index (χ1n) is 5.72. The van der Waals surface area contributed by atoms with Gasteiger partial charge < -0.3 is 10.4 Å². The van der Waals surface area contributed by atoms with Gasteiger partial charge in [-0.3, -0.25) is 9.69 Å². The molecular weight excluding hydrogens is 320 g/mol. The van der Waals surface area contributed by atoms with E-state index in [0.29, 0.717) is 23.7 Å². The van der Waals surface area contributed by atoms with Crippen LogP contribution in [0.3, 0.4) is 0 Å². The second kappa shape index (κ2) is 6.02. The third kappa shape index (κ3) is 3.03. The predicted molar refractivity (Wildman–Crippen MR) is 74.0 cm³/mol. The largest absolute Gasteiger partial charge is 0.480 e. The van der Waals surface area contributed by atoms with Crippen molar-refractivity contribution in [1.82, 2.24) is 10.2 Å². The van der Waals surface area contributed by atoms with Gasteiger partial charge in [-0.15, -0.1) is 0 Å². The van der Waals surface area contributed by atoms with Gasteiger partial charge in [0.15, 0.2) is 0 Å².